The van der Waals surface area contributed by atoms with E-state index in [1.165, 1.54) is 11.0 Å². The van der Waals surface area contributed by atoms with Crippen molar-refractivity contribution in [3.8, 4) is 0 Å². The number of carbonyl (C=O) groups excluding carboxylic acids is 2. The number of nitrogens with zero attached hydrogens (tertiary/aromatic N) is 3. The van der Waals surface area contributed by atoms with E-state index < -0.39 is 5.91 Å². The van der Waals surface area contributed by atoms with Crippen molar-refractivity contribution in [2.75, 3.05) is 17.3 Å². The van der Waals surface area contributed by atoms with E-state index in [9.17, 15) is 9.59 Å². The summed E-state index contributed by atoms with van der Waals surface area (Å²) in [5.41, 5.74) is 1.03. The zero-order valence-electron chi connectivity index (χ0n) is 13.8. The Morgan fingerprint density at radius 2 is 1.76 bits per heavy atom. The Kier molecular flexibility index (Phi) is 4.56. The number of benzene rings is 1. The molecule has 0 fully saturated rings. The molecule has 0 radical (unpaired) electrons. The fourth-order valence-corrected chi connectivity index (χ4v) is 2.23. The number of para-hydroxylation sites is 1. The molecular formula is C18H16N4O3. The fourth-order valence-electron chi connectivity index (χ4n) is 2.23. The summed E-state index contributed by atoms with van der Waals surface area (Å²) in [5.74, 6) is 0.0996. The van der Waals surface area contributed by atoms with Crippen LogP contribution in [-0.4, -0.2) is 29.0 Å². The lowest BCUT2D eigenvalue weighted by molar-refractivity contribution is 0.0988. The maximum Gasteiger partial charge on any atom is 0.276 e. The molecule has 0 atom stereocenters. The first-order chi connectivity index (χ1) is 12.0. The van der Waals surface area contributed by atoms with Gasteiger partial charge in [0.05, 0.1) is 0 Å². The molecule has 0 saturated carbocycles. The van der Waals surface area contributed by atoms with E-state index >= 15 is 0 Å². The second kappa shape index (κ2) is 6.96. The zero-order chi connectivity index (χ0) is 17.8. The van der Waals surface area contributed by atoms with Crippen LogP contribution in [0.15, 0.2) is 59.1 Å². The lowest BCUT2D eigenvalue weighted by Crippen LogP contribution is -2.27. The number of aromatic nitrogens is 2. The summed E-state index contributed by atoms with van der Waals surface area (Å²) in [5, 5.41) is 6.27. The number of carbonyl (C=O) groups is 2. The van der Waals surface area contributed by atoms with Gasteiger partial charge in [0.25, 0.3) is 11.8 Å². The Labute approximate surface area is 144 Å². The van der Waals surface area contributed by atoms with E-state index in [1.807, 2.05) is 30.3 Å². The molecule has 0 saturated heterocycles. The van der Waals surface area contributed by atoms with Crippen molar-refractivity contribution < 1.29 is 14.1 Å². The van der Waals surface area contributed by atoms with Crippen LogP contribution in [0, 0.1) is 6.92 Å². The van der Waals surface area contributed by atoms with Gasteiger partial charge in [-0.15, -0.1) is 0 Å². The first-order valence-corrected chi connectivity index (χ1v) is 7.59. The van der Waals surface area contributed by atoms with Crippen LogP contribution in [-0.2, 0) is 0 Å². The molecule has 1 aromatic carbocycles. The first kappa shape index (κ1) is 16.4. The van der Waals surface area contributed by atoms with Gasteiger partial charge < -0.3 is 14.7 Å². The Bertz CT molecular complexity index is 905. The van der Waals surface area contributed by atoms with Crippen LogP contribution in [0.1, 0.15) is 26.7 Å². The normalized spacial score (nSPS) is 10.3. The molecule has 1 N–H and O–H groups in total. The van der Waals surface area contributed by atoms with Crippen molar-refractivity contribution in [2.45, 2.75) is 6.92 Å². The highest BCUT2D eigenvalue weighted by Crippen LogP contribution is 2.15. The van der Waals surface area contributed by atoms with Gasteiger partial charge in [-0.1, -0.05) is 29.4 Å². The van der Waals surface area contributed by atoms with Crippen LogP contribution in [0.2, 0.25) is 0 Å². The van der Waals surface area contributed by atoms with Gasteiger partial charge in [-0.2, -0.15) is 0 Å². The van der Waals surface area contributed by atoms with E-state index in [0.717, 1.165) is 5.69 Å². The highest BCUT2D eigenvalue weighted by molar-refractivity contribution is 6.06. The van der Waals surface area contributed by atoms with Crippen LogP contribution in [0.25, 0.3) is 0 Å². The van der Waals surface area contributed by atoms with E-state index in [0.29, 0.717) is 11.6 Å². The minimum Gasteiger partial charge on any atom is -0.360 e. The highest BCUT2D eigenvalue weighted by Gasteiger charge is 2.17. The van der Waals surface area contributed by atoms with Gasteiger partial charge in [-0.05, 0) is 31.2 Å². The first-order valence-electron chi connectivity index (χ1n) is 7.59. The van der Waals surface area contributed by atoms with E-state index in [4.69, 9.17) is 4.52 Å². The molecule has 0 aliphatic rings. The summed E-state index contributed by atoms with van der Waals surface area (Å²) < 4.78 is 4.90. The van der Waals surface area contributed by atoms with Gasteiger partial charge in [0.1, 0.15) is 17.1 Å². The third kappa shape index (κ3) is 3.72. The standard InChI is InChI=1S/C18H16N4O3/c1-12-11-16(21-25-12)20-17(23)14-9-6-10-15(19-14)18(24)22(2)13-7-4-3-5-8-13/h3-11H,1-2H3,(H,20,21,23). The largest absolute Gasteiger partial charge is 0.360 e. The van der Waals surface area contributed by atoms with Crippen LogP contribution in [0.4, 0.5) is 11.5 Å². The SMILES string of the molecule is Cc1cc(NC(=O)c2cccc(C(=O)N(C)c3ccccc3)n2)no1. The molecular weight excluding hydrogens is 320 g/mol. The minimum atomic E-state index is -0.467. The number of amides is 2. The Morgan fingerprint density at radius 3 is 2.44 bits per heavy atom. The van der Waals surface area contributed by atoms with Crippen molar-refractivity contribution in [1.29, 1.82) is 0 Å². The molecule has 3 rings (SSSR count). The number of hydrogen-bond donors (Lipinski definition) is 1. The summed E-state index contributed by atoms with van der Waals surface area (Å²) >= 11 is 0. The van der Waals surface area contributed by atoms with Crippen molar-refractivity contribution in [3.05, 3.63) is 71.7 Å². The quantitative estimate of drug-likeness (QED) is 0.791. The molecule has 25 heavy (non-hydrogen) atoms. The van der Waals surface area contributed by atoms with Crippen LogP contribution in [0.5, 0.6) is 0 Å². The van der Waals surface area contributed by atoms with E-state index in [2.05, 4.69) is 15.5 Å². The molecule has 0 aliphatic heterocycles. The van der Waals surface area contributed by atoms with Crippen molar-refractivity contribution >= 4 is 23.3 Å². The fraction of sp³-hybridized carbons (Fsp3) is 0.111. The Morgan fingerprint density at radius 1 is 1.04 bits per heavy atom. The highest BCUT2D eigenvalue weighted by atomic mass is 16.5. The van der Waals surface area contributed by atoms with Crippen LogP contribution < -0.4 is 10.2 Å². The lowest BCUT2D eigenvalue weighted by atomic mass is 10.2. The number of nitrogens with one attached hydrogen (secondary N) is 1. The van der Waals surface area contributed by atoms with E-state index in [1.54, 1.807) is 32.2 Å². The molecule has 2 heterocycles. The van der Waals surface area contributed by atoms with Crippen LogP contribution >= 0.6 is 0 Å². The molecule has 0 unspecified atom stereocenters. The second-order valence-corrected chi connectivity index (χ2v) is 5.38. The summed E-state index contributed by atoms with van der Waals surface area (Å²) in [4.78, 5) is 30.5. The number of anilines is 2. The van der Waals surface area contributed by atoms with Gasteiger partial charge in [-0.25, -0.2) is 4.98 Å². The Balaban J connectivity index is 1.79. The van der Waals surface area contributed by atoms with Crippen molar-refractivity contribution in [2.24, 2.45) is 0 Å². The topological polar surface area (TPSA) is 88.3 Å². The van der Waals surface area contributed by atoms with Gasteiger partial charge in [0.2, 0.25) is 0 Å². The number of aryl methyl sites for hydroxylation is 1. The molecule has 126 valence electrons. The maximum absolute atomic E-state index is 12.6. The number of hydrogen-bond acceptors (Lipinski definition) is 5. The average molecular weight is 336 g/mol. The molecule has 0 spiro atoms. The summed E-state index contributed by atoms with van der Waals surface area (Å²) in [7, 11) is 1.66. The lowest BCUT2D eigenvalue weighted by Gasteiger charge is -2.16. The number of rotatable bonds is 4. The average Bonchev–Trinajstić information content (AvgIpc) is 3.06. The Hall–Kier alpha value is -3.48. The summed E-state index contributed by atoms with van der Waals surface area (Å²) in [6.45, 7) is 1.72. The van der Waals surface area contributed by atoms with E-state index in [-0.39, 0.29) is 17.3 Å². The predicted octanol–water partition coefficient (Wildman–Crippen LogP) is 2.91. The third-order valence-corrected chi connectivity index (χ3v) is 3.52. The molecule has 0 aliphatic carbocycles. The van der Waals surface area contributed by atoms with Gasteiger partial charge in [0, 0.05) is 18.8 Å². The molecule has 0 bridgehead atoms. The zero-order valence-corrected chi connectivity index (χ0v) is 13.8. The second-order valence-electron chi connectivity index (χ2n) is 5.38. The minimum absolute atomic E-state index is 0.118. The van der Waals surface area contributed by atoms with Crippen molar-refractivity contribution in [3.63, 3.8) is 0 Å². The molecule has 7 nitrogen and oxygen atoms in total. The smallest absolute Gasteiger partial charge is 0.276 e. The monoisotopic (exact) mass is 336 g/mol. The molecule has 3 aromatic rings. The maximum atomic E-state index is 12.6. The number of pyridine rings is 1. The molecule has 7 heteroatoms. The van der Waals surface area contributed by atoms with Gasteiger partial charge >= 0.3 is 0 Å². The molecule has 2 amide bonds. The van der Waals surface area contributed by atoms with Crippen LogP contribution in [0.3, 0.4) is 0 Å². The van der Waals surface area contributed by atoms with Gasteiger partial charge in [-0.3, -0.25) is 9.59 Å². The summed E-state index contributed by atoms with van der Waals surface area (Å²) in [6, 6.07) is 15.5. The molecule has 2 aromatic heterocycles. The third-order valence-electron chi connectivity index (χ3n) is 3.52. The summed E-state index contributed by atoms with van der Waals surface area (Å²) in [6.07, 6.45) is 0. The predicted molar refractivity (Wildman–Crippen MR) is 92.6 cm³/mol. The van der Waals surface area contributed by atoms with Crippen molar-refractivity contribution in [1.82, 2.24) is 10.1 Å². The van der Waals surface area contributed by atoms with Gasteiger partial charge in [0.15, 0.2) is 5.82 Å².